The first-order chi connectivity index (χ1) is 8.38. The number of anilines is 2. The third-order valence-corrected chi connectivity index (χ3v) is 3.26. The molecule has 0 aliphatic heterocycles. The molecule has 0 saturated heterocycles. The number of nitrogen functional groups attached to an aromatic ring is 1. The predicted octanol–water partition coefficient (Wildman–Crippen LogP) is 1.32. The lowest BCUT2D eigenvalue weighted by Crippen LogP contribution is -2.23. The Morgan fingerprint density at radius 3 is 2.50 bits per heavy atom. The van der Waals surface area contributed by atoms with Gasteiger partial charge >= 0.3 is 0 Å². The summed E-state index contributed by atoms with van der Waals surface area (Å²) in [5.41, 5.74) is 8.61. The molecule has 0 aromatic heterocycles. The largest absolute Gasteiger partial charge is 0.399 e. The highest BCUT2D eigenvalue weighted by atomic mass is 32.2. The van der Waals surface area contributed by atoms with Crippen LogP contribution in [0.25, 0.3) is 0 Å². The van der Waals surface area contributed by atoms with Crippen LogP contribution in [-0.2, 0) is 10.0 Å². The van der Waals surface area contributed by atoms with Crippen molar-refractivity contribution in [2.45, 2.75) is 19.8 Å². The van der Waals surface area contributed by atoms with Gasteiger partial charge in [-0.1, -0.05) is 0 Å². The molecule has 0 spiro atoms. The number of sulfonamides is 1. The normalized spacial score (nSPS) is 11.4. The van der Waals surface area contributed by atoms with Gasteiger partial charge in [0, 0.05) is 24.5 Å². The number of benzene rings is 1. The third-order valence-electron chi connectivity index (χ3n) is 2.53. The molecule has 102 valence electrons. The van der Waals surface area contributed by atoms with Gasteiger partial charge in [0.15, 0.2) is 0 Å². The fourth-order valence-electron chi connectivity index (χ4n) is 1.62. The minimum atomic E-state index is -3.06. The second kappa shape index (κ2) is 6.61. The van der Waals surface area contributed by atoms with Crippen LogP contribution in [0.2, 0.25) is 0 Å². The van der Waals surface area contributed by atoms with E-state index >= 15 is 0 Å². The molecule has 1 aromatic carbocycles. The molecule has 0 radical (unpaired) electrons. The van der Waals surface area contributed by atoms with E-state index in [0.29, 0.717) is 6.54 Å². The quantitative estimate of drug-likeness (QED) is 0.516. The van der Waals surface area contributed by atoms with Crippen molar-refractivity contribution < 1.29 is 8.42 Å². The summed E-state index contributed by atoms with van der Waals surface area (Å²) < 4.78 is 24.1. The molecule has 5 nitrogen and oxygen atoms in total. The molecular weight excluding hydrogens is 250 g/mol. The molecule has 4 N–H and O–H groups in total. The van der Waals surface area contributed by atoms with E-state index in [2.05, 4.69) is 10.0 Å². The van der Waals surface area contributed by atoms with Crippen LogP contribution in [0.3, 0.4) is 0 Å². The van der Waals surface area contributed by atoms with Crippen LogP contribution in [0.15, 0.2) is 18.2 Å². The fourth-order valence-corrected chi connectivity index (χ4v) is 2.13. The van der Waals surface area contributed by atoms with Crippen molar-refractivity contribution in [3.63, 3.8) is 0 Å². The molecule has 6 heteroatoms. The molecule has 0 unspecified atom stereocenters. The predicted molar refractivity (Wildman–Crippen MR) is 76.2 cm³/mol. The van der Waals surface area contributed by atoms with Gasteiger partial charge in [0.25, 0.3) is 0 Å². The highest BCUT2D eigenvalue weighted by Gasteiger charge is 2.00. The molecule has 0 aliphatic rings. The van der Waals surface area contributed by atoms with Crippen LogP contribution >= 0.6 is 0 Å². The molecule has 0 fully saturated rings. The maximum atomic E-state index is 10.8. The zero-order valence-electron chi connectivity index (χ0n) is 10.9. The zero-order chi connectivity index (χ0) is 13.6. The maximum absolute atomic E-state index is 10.8. The Kier molecular flexibility index (Phi) is 5.43. The summed E-state index contributed by atoms with van der Waals surface area (Å²) in [5.74, 6) is 0. The van der Waals surface area contributed by atoms with E-state index < -0.39 is 10.0 Å². The summed E-state index contributed by atoms with van der Waals surface area (Å²) in [6.07, 6.45) is 2.89. The van der Waals surface area contributed by atoms with Crippen molar-refractivity contribution in [1.29, 1.82) is 0 Å². The molecule has 0 amide bonds. The van der Waals surface area contributed by atoms with Gasteiger partial charge in [-0.25, -0.2) is 13.1 Å². The van der Waals surface area contributed by atoms with Crippen molar-refractivity contribution in [2.24, 2.45) is 0 Å². The van der Waals surface area contributed by atoms with Crippen LogP contribution in [0.5, 0.6) is 0 Å². The fraction of sp³-hybridized carbons (Fsp3) is 0.500. The number of unbranched alkanes of at least 4 members (excludes halogenated alkanes) is 1. The molecule has 0 heterocycles. The van der Waals surface area contributed by atoms with Gasteiger partial charge in [-0.2, -0.15) is 0 Å². The van der Waals surface area contributed by atoms with Gasteiger partial charge in [0.2, 0.25) is 10.0 Å². The Balaban J connectivity index is 2.22. The minimum Gasteiger partial charge on any atom is -0.399 e. The van der Waals surface area contributed by atoms with Crippen molar-refractivity contribution in [3.05, 3.63) is 23.8 Å². The van der Waals surface area contributed by atoms with E-state index in [4.69, 9.17) is 5.73 Å². The monoisotopic (exact) mass is 271 g/mol. The van der Waals surface area contributed by atoms with Gasteiger partial charge in [-0.05, 0) is 43.5 Å². The Morgan fingerprint density at radius 1 is 1.22 bits per heavy atom. The summed E-state index contributed by atoms with van der Waals surface area (Å²) >= 11 is 0. The van der Waals surface area contributed by atoms with E-state index in [1.165, 1.54) is 6.26 Å². The van der Waals surface area contributed by atoms with Crippen LogP contribution in [0.4, 0.5) is 11.4 Å². The highest BCUT2D eigenvalue weighted by Crippen LogP contribution is 2.17. The molecule has 0 aliphatic carbocycles. The third kappa shape index (κ3) is 5.88. The van der Waals surface area contributed by atoms with Crippen LogP contribution < -0.4 is 15.8 Å². The maximum Gasteiger partial charge on any atom is 0.208 e. The van der Waals surface area contributed by atoms with Crippen LogP contribution in [0.1, 0.15) is 18.4 Å². The second-order valence-electron chi connectivity index (χ2n) is 4.37. The Labute approximate surface area is 109 Å². The molecule has 0 bridgehead atoms. The topological polar surface area (TPSA) is 84.2 Å². The number of hydrogen-bond acceptors (Lipinski definition) is 4. The molecule has 0 saturated carbocycles. The van der Waals surface area contributed by atoms with Gasteiger partial charge in [-0.15, -0.1) is 0 Å². The Morgan fingerprint density at radius 2 is 1.89 bits per heavy atom. The van der Waals surface area contributed by atoms with E-state index in [1.807, 2.05) is 25.1 Å². The lowest BCUT2D eigenvalue weighted by molar-refractivity contribution is 0.584. The molecular formula is C12H21N3O2S. The number of nitrogens with one attached hydrogen (secondary N) is 2. The Bertz CT molecular complexity index is 486. The molecule has 18 heavy (non-hydrogen) atoms. The minimum absolute atomic E-state index is 0.487. The summed E-state index contributed by atoms with van der Waals surface area (Å²) in [6, 6.07) is 5.74. The average Bonchev–Trinajstić information content (AvgIpc) is 2.24. The lowest BCUT2D eigenvalue weighted by atomic mass is 10.1. The van der Waals surface area contributed by atoms with Gasteiger partial charge < -0.3 is 11.1 Å². The van der Waals surface area contributed by atoms with E-state index in [-0.39, 0.29) is 0 Å². The summed E-state index contributed by atoms with van der Waals surface area (Å²) in [5, 5.41) is 3.31. The van der Waals surface area contributed by atoms with Crippen LogP contribution in [0, 0.1) is 6.92 Å². The highest BCUT2D eigenvalue weighted by molar-refractivity contribution is 7.88. The van der Waals surface area contributed by atoms with E-state index in [1.54, 1.807) is 0 Å². The number of hydrogen-bond donors (Lipinski definition) is 3. The average molecular weight is 271 g/mol. The first kappa shape index (κ1) is 14.8. The number of nitrogens with two attached hydrogens (primary N) is 1. The number of rotatable bonds is 7. The number of aryl methyl sites for hydroxylation is 1. The van der Waals surface area contributed by atoms with Crippen molar-refractivity contribution in [3.8, 4) is 0 Å². The Hall–Kier alpha value is -1.27. The standard InChI is InChI=1S/C12H21N3O2S/c1-10-9-11(13)5-6-12(10)14-7-3-4-8-15-18(2,16)17/h5-6,9,14-15H,3-4,7-8,13H2,1-2H3. The van der Waals surface area contributed by atoms with Crippen LogP contribution in [-0.4, -0.2) is 27.8 Å². The second-order valence-corrected chi connectivity index (χ2v) is 6.21. The van der Waals surface area contributed by atoms with Crippen molar-refractivity contribution in [2.75, 3.05) is 30.4 Å². The lowest BCUT2D eigenvalue weighted by Gasteiger charge is -2.10. The molecule has 1 aromatic rings. The van der Waals surface area contributed by atoms with Gasteiger partial charge in [0.05, 0.1) is 6.26 Å². The van der Waals surface area contributed by atoms with Crippen molar-refractivity contribution in [1.82, 2.24) is 4.72 Å². The van der Waals surface area contributed by atoms with Gasteiger partial charge in [-0.3, -0.25) is 0 Å². The van der Waals surface area contributed by atoms with E-state index in [0.717, 1.165) is 36.3 Å². The summed E-state index contributed by atoms with van der Waals surface area (Å²) in [7, 11) is -3.06. The van der Waals surface area contributed by atoms with E-state index in [9.17, 15) is 8.42 Å². The molecule has 1 rings (SSSR count). The first-order valence-corrected chi connectivity index (χ1v) is 7.82. The zero-order valence-corrected chi connectivity index (χ0v) is 11.7. The summed E-state index contributed by atoms with van der Waals surface area (Å²) in [6.45, 7) is 3.31. The summed E-state index contributed by atoms with van der Waals surface area (Å²) in [4.78, 5) is 0. The van der Waals surface area contributed by atoms with Crippen molar-refractivity contribution >= 4 is 21.4 Å². The first-order valence-electron chi connectivity index (χ1n) is 5.93. The van der Waals surface area contributed by atoms with Gasteiger partial charge in [0.1, 0.15) is 0 Å². The smallest absolute Gasteiger partial charge is 0.208 e. The molecule has 0 atom stereocenters. The SMILES string of the molecule is Cc1cc(N)ccc1NCCCCNS(C)(=O)=O.